The Morgan fingerprint density at radius 3 is 2.75 bits per heavy atom. The maximum absolute atomic E-state index is 6.54. The molecule has 4 heteroatoms. The summed E-state index contributed by atoms with van der Waals surface area (Å²) in [6.45, 7) is 6.85. The van der Waals surface area contributed by atoms with Crippen LogP contribution in [0.4, 0.5) is 11.4 Å². The number of halogens is 2. The van der Waals surface area contributed by atoms with Crippen molar-refractivity contribution >= 4 is 45.1 Å². The summed E-state index contributed by atoms with van der Waals surface area (Å²) in [5.41, 5.74) is 4.59. The van der Waals surface area contributed by atoms with Crippen LogP contribution in [0.15, 0.2) is 45.9 Å². The molecule has 0 spiro atoms. The van der Waals surface area contributed by atoms with Crippen LogP contribution in [0.3, 0.4) is 0 Å². The van der Waals surface area contributed by atoms with E-state index in [1.807, 2.05) is 30.5 Å². The van der Waals surface area contributed by atoms with Gasteiger partial charge in [-0.2, -0.15) is 0 Å². The quantitative estimate of drug-likeness (QED) is 0.515. The van der Waals surface area contributed by atoms with Gasteiger partial charge in [0, 0.05) is 34.5 Å². The third kappa shape index (κ3) is 3.38. The third-order valence-corrected chi connectivity index (χ3v) is 5.73. The number of aliphatic imine (C=N–C) groups is 1. The molecule has 2 nitrogen and oxygen atoms in total. The van der Waals surface area contributed by atoms with Crippen LogP contribution >= 0.6 is 27.5 Å². The molecule has 1 unspecified atom stereocenters. The molecule has 0 saturated carbocycles. The maximum Gasteiger partial charge on any atom is 0.0641 e. The van der Waals surface area contributed by atoms with Crippen LogP contribution in [0.1, 0.15) is 44.2 Å². The Balaban J connectivity index is 1.99. The molecule has 1 aliphatic heterocycles. The van der Waals surface area contributed by atoms with Gasteiger partial charge in [0.1, 0.15) is 0 Å². The summed E-state index contributed by atoms with van der Waals surface area (Å²) in [6.07, 6.45) is 2.98. The lowest BCUT2D eigenvalue weighted by atomic mass is 9.80. The van der Waals surface area contributed by atoms with Crippen molar-refractivity contribution in [3.05, 3.63) is 57.0 Å². The van der Waals surface area contributed by atoms with Gasteiger partial charge in [0.15, 0.2) is 0 Å². The van der Waals surface area contributed by atoms with E-state index >= 15 is 0 Å². The van der Waals surface area contributed by atoms with Gasteiger partial charge in [0.25, 0.3) is 0 Å². The number of benzene rings is 2. The average Bonchev–Trinajstić information content (AvgIpc) is 2.51. The molecule has 0 aromatic heterocycles. The van der Waals surface area contributed by atoms with E-state index in [1.165, 1.54) is 11.3 Å². The van der Waals surface area contributed by atoms with E-state index in [-0.39, 0.29) is 5.54 Å². The second-order valence-electron chi connectivity index (χ2n) is 7.15. The van der Waals surface area contributed by atoms with Gasteiger partial charge in [0.2, 0.25) is 0 Å². The number of nitrogens with zero attached hydrogens (tertiary/aromatic N) is 2. The van der Waals surface area contributed by atoms with Crippen LogP contribution in [0.25, 0.3) is 0 Å². The number of anilines is 1. The Morgan fingerprint density at radius 2 is 2.04 bits per heavy atom. The molecule has 0 radical (unpaired) electrons. The molecular weight excluding hydrogens is 384 g/mol. The lowest BCUT2D eigenvalue weighted by Crippen LogP contribution is -2.45. The first-order valence-corrected chi connectivity index (χ1v) is 9.32. The normalized spacial score (nSPS) is 19.6. The molecule has 0 saturated heterocycles. The molecule has 0 amide bonds. The summed E-state index contributed by atoms with van der Waals surface area (Å²) >= 11 is 10.0. The monoisotopic (exact) mass is 404 g/mol. The van der Waals surface area contributed by atoms with Crippen molar-refractivity contribution in [2.45, 2.75) is 38.6 Å². The van der Waals surface area contributed by atoms with E-state index in [1.54, 1.807) is 0 Å². The Bertz CT molecular complexity index is 798. The van der Waals surface area contributed by atoms with Crippen molar-refractivity contribution in [3.8, 4) is 0 Å². The number of fused-ring (bicyclic) bond motifs is 1. The Hall–Kier alpha value is -1.32. The first kappa shape index (κ1) is 17.5. The molecule has 1 atom stereocenters. The fourth-order valence-corrected chi connectivity index (χ4v) is 4.00. The standard InChI is InChI=1S/C20H22BrClN2/c1-13-11-20(2,3)24(4)19-10-18(22)14(8-17(13)19)12-23-16-7-5-6-15(21)9-16/h5-10,12-13H,11H2,1-4H3. The Morgan fingerprint density at radius 1 is 1.29 bits per heavy atom. The van der Waals surface area contributed by atoms with Crippen molar-refractivity contribution in [1.82, 2.24) is 0 Å². The summed E-state index contributed by atoms with van der Waals surface area (Å²) < 4.78 is 1.02. The number of hydrogen-bond donors (Lipinski definition) is 0. The van der Waals surface area contributed by atoms with Gasteiger partial charge in [-0.05, 0) is 62.1 Å². The zero-order valence-electron chi connectivity index (χ0n) is 14.5. The second-order valence-corrected chi connectivity index (χ2v) is 8.47. The molecule has 1 aliphatic rings. The molecule has 0 fully saturated rings. The van der Waals surface area contributed by atoms with Crippen LogP contribution in [-0.2, 0) is 0 Å². The van der Waals surface area contributed by atoms with Gasteiger partial charge < -0.3 is 4.90 Å². The predicted molar refractivity (Wildman–Crippen MR) is 108 cm³/mol. The first-order valence-electron chi connectivity index (χ1n) is 8.15. The summed E-state index contributed by atoms with van der Waals surface area (Å²) in [6, 6.07) is 12.2. The minimum atomic E-state index is 0.141. The van der Waals surface area contributed by atoms with Crippen molar-refractivity contribution in [1.29, 1.82) is 0 Å². The topological polar surface area (TPSA) is 15.6 Å². The van der Waals surface area contributed by atoms with E-state index in [2.05, 4.69) is 65.8 Å². The highest BCUT2D eigenvalue weighted by molar-refractivity contribution is 9.10. The molecule has 0 bridgehead atoms. The van der Waals surface area contributed by atoms with Gasteiger partial charge in [-0.15, -0.1) is 0 Å². The predicted octanol–water partition coefficient (Wildman–Crippen LogP) is 6.58. The molecule has 126 valence electrons. The van der Waals surface area contributed by atoms with Crippen molar-refractivity contribution in [2.24, 2.45) is 4.99 Å². The van der Waals surface area contributed by atoms with Gasteiger partial charge in [0.05, 0.1) is 10.7 Å². The second kappa shape index (κ2) is 6.53. The first-order chi connectivity index (χ1) is 11.3. The molecular formula is C20H22BrClN2. The van der Waals surface area contributed by atoms with Gasteiger partial charge in [-0.1, -0.05) is 40.5 Å². The smallest absolute Gasteiger partial charge is 0.0641 e. The minimum absolute atomic E-state index is 0.141. The molecule has 24 heavy (non-hydrogen) atoms. The molecule has 0 N–H and O–H groups in total. The summed E-state index contributed by atoms with van der Waals surface area (Å²) in [5, 5.41) is 0.740. The van der Waals surface area contributed by atoms with E-state index in [9.17, 15) is 0 Å². The van der Waals surface area contributed by atoms with Crippen molar-refractivity contribution in [3.63, 3.8) is 0 Å². The van der Waals surface area contributed by atoms with Gasteiger partial charge >= 0.3 is 0 Å². The SMILES string of the molecule is CC1CC(C)(C)N(C)c2cc(Cl)c(C=Nc3cccc(Br)c3)cc21. The maximum atomic E-state index is 6.54. The third-order valence-electron chi connectivity index (χ3n) is 4.91. The van der Waals surface area contributed by atoms with Crippen LogP contribution in [0, 0.1) is 0 Å². The fraction of sp³-hybridized carbons (Fsp3) is 0.350. The van der Waals surface area contributed by atoms with Gasteiger partial charge in [-0.25, -0.2) is 0 Å². The largest absolute Gasteiger partial charge is 0.369 e. The molecule has 2 aromatic rings. The molecule has 0 aliphatic carbocycles. The number of hydrogen-bond acceptors (Lipinski definition) is 2. The van der Waals surface area contributed by atoms with Crippen LogP contribution in [-0.4, -0.2) is 18.8 Å². The van der Waals surface area contributed by atoms with Crippen LogP contribution in [0.2, 0.25) is 5.02 Å². The zero-order valence-corrected chi connectivity index (χ0v) is 16.8. The molecule has 1 heterocycles. The van der Waals surface area contributed by atoms with E-state index in [0.29, 0.717) is 5.92 Å². The van der Waals surface area contributed by atoms with E-state index in [4.69, 9.17) is 11.6 Å². The van der Waals surface area contributed by atoms with E-state index in [0.717, 1.165) is 27.2 Å². The zero-order chi connectivity index (χ0) is 17.5. The highest BCUT2D eigenvalue weighted by Crippen LogP contribution is 2.44. The average molecular weight is 406 g/mol. The highest BCUT2D eigenvalue weighted by atomic mass is 79.9. The summed E-state index contributed by atoms with van der Waals surface area (Å²) in [5.74, 6) is 0.501. The highest BCUT2D eigenvalue weighted by Gasteiger charge is 2.34. The lowest BCUT2D eigenvalue weighted by molar-refractivity contribution is 0.395. The Kier molecular flexibility index (Phi) is 4.76. The summed E-state index contributed by atoms with van der Waals surface area (Å²) in [4.78, 5) is 6.90. The molecule has 3 rings (SSSR count). The summed E-state index contributed by atoms with van der Waals surface area (Å²) in [7, 11) is 2.15. The van der Waals surface area contributed by atoms with Crippen LogP contribution < -0.4 is 4.90 Å². The van der Waals surface area contributed by atoms with Crippen molar-refractivity contribution < 1.29 is 0 Å². The fourth-order valence-electron chi connectivity index (χ4n) is 3.40. The van der Waals surface area contributed by atoms with E-state index < -0.39 is 0 Å². The molecule has 2 aromatic carbocycles. The minimum Gasteiger partial charge on any atom is -0.369 e. The van der Waals surface area contributed by atoms with Crippen LogP contribution in [0.5, 0.6) is 0 Å². The number of rotatable bonds is 2. The van der Waals surface area contributed by atoms with Crippen molar-refractivity contribution in [2.75, 3.05) is 11.9 Å². The van der Waals surface area contributed by atoms with Gasteiger partial charge in [-0.3, -0.25) is 4.99 Å². The Labute approximate surface area is 157 Å². The lowest BCUT2D eigenvalue weighted by Gasteiger charge is -2.45.